The Morgan fingerprint density at radius 3 is 2.79 bits per heavy atom. The summed E-state index contributed by atoms with van der Waals surface area (Å²) in [6.45, 7) is 0.373. The molecule has 0 N–H and O–H groups in total. The van der Waals surface area contributed by atoms with E-state index in [1.54, 1.807) is 6.07 Å². The molecule has 0 amide bonds. The number of aromatic nitrogens is 1. The third-order valence-electron chi connectivity index (χ3n) is 4.12. The number of Topliss-reactive ketones (excluding diaryl/α,β-unsaturated/α-hetero) is 1. The van der Waals surface area contributed by atoms with Gasteiger partial charge in [-0.2, -0.15) is 0 Å². The Morgan fingerprint density at radius 1 is 1.21 bits per heavy atom. The molecule has 0 saturated heterocycles. The van der Waals surface area contributed by atoms with E-state index >= 15 is 0 Å². The molecule has 2 aromatic rings. The highest BCUT2D eigenvalue weighted by Gasteiger charge is 2.21. The fourth-order valence-electron chi connectivity index (χ4n) is 3.02. The summed E-state index contributed by atoms with van der Waals surface area (Å²) in [6.07, 6.45) is 7.50. The van der Waals surface area contributed by atoms with E-state index in [4.69, 9.17) is 0 Å². The summed E-state index contributed by atoms with van der Waals surface area (Å²) in [5.41, 5.74) is 0.809. The zero-order valence-corrected chi connectivity index (χ0v) is 10.9. The lowest BCUT2D eigenvalue weighted by molar-refractivity contribution is -0.124. The second-order valence-corrected chi connectivity index (χ2v) is 5.45. The molecule has 100 valence electrons. The summed E-state index contributed by atoms with van der Waals surface area (Å²) < 4.78 is 15.2. The first-order valence-electron chi connectivity index (χ1n) is 7.01. The Morgan fingerprint density at radius 2 is 2.00 bits per heavy atom. The predicted octanol–water partition coefficient (Wildman–Crippen LogP) is 3.93. The van der Waals surface area contributed by atoms with Gasteiger partial charge in [0.05, 0.1) is 12.1 Å². The molecular formula is C16H18FNO. The molecule has 1 saturated carbocycles. The maximum atomic E-state index is 13.3. The van der Waals surface area contributed by atoms with Crippen LogP contribution in [0, 0.1) is 11.7 Å². The smallest absolute Gasteiger partial charge is 0.155 e. The third kappa shape index (κ3) is 2.55. The first-order valence-corrected chi connectivity index (χ1v) is 7.01. The van der Waals surface area contributed by atoms with E-state index in [0.717, 1.165) is 36.6 Å². The number of fused-ring (bicyclic) bond motifs is 1. The van der Waals surface area contributed by atoms with Crippen LogP contribution in [0.5, 0.6) is 0 Å². The predicted molar refractivity (Wildman–Crippen MR) is 73.5 cm³/mol. The van der Waals surface area contributed by atoms with E-state index in [2.05, 4.69) is 0 Å². The van der Waals surface area contributed by atoms with Crippen LogP contribution in [0.25, 0.3) is 10.9 Å². The molecule has 0 unspecified atom stereocenters. The lowest BCUT2D eigenvalue weighted by Gasteiger charge is -2.20. The van der Waals surface area contributed by atoms with Crippen molar-refractivity contribution in [3.05, 3.63) is 36.3 Å². The van der Waals surface area contributed by atoms with Gasteiger partial charge in [0.1, 0.15) is 5.82 Å². The second kappa shape index (κ2) is 5.16. The van der Waals surface area contributed by atoms with Crippen molar-refractivity contribution >= 4 is 16.7 Å². The van der Waals surface area contributed by atoms with Crippen molar-refractivity contribution in [1.82, 2.24) is 4.57 Å². The standard InChI is InChI=1S/C16H18FNO/c17-14-7-6-12-8-9-18(15(12)10-14)11-16(19)13-4-2-1-3-5-13/h6-10,13H,1-5,11H2. The van der Waals surface area contributed by atoms with Crippen molar-refractivity contribution in [3.63, 3.8) is 0 Å². The molecule has 0 aliphatic heterocycles. The topological polar surface area (TPSA) is 22.0 Å². The van der Waals surface area contributed by atoms with Crippen LogP contribution < -0.4 is 0 Å². The van der Waals surface area contributed by atoms with Crippen LogP contribution in [-0.4, -0.2) is 10.4 Å². The zero-order valence-electron chi connectivity index (χ0n) is 10.9. The minimum absolute atomic E-state index is 0.208. The summed E-state index contributed by atoms with van der Waals surface area (Å²) in [5, 5.41) is 0.984. The lowest BCUT2D eigenvalue weighted by Crippen LogP contribution is -2.22. The fourth-order valence-corrected chi connectivity index (χ4v) is 3.02. The molecule has 0 bridgehead atoms. The van der Waals surface area contributed by atoms with Gasteiger partial charge < -0.3 is 4.57 Å². The summed E-state index contributed by atoms with van der Waals surface area (Å²) in [7, 11) is 0. The average Bonchev–Trinajstić information content (AvgIpc) is 2.82. The van der Waals surface area contributed by atoms with Gasteiger partial charge in [0.25, 0.3) is 0 Å². The highest BCUT2D eigenvalue weighted by Crippen LogP contribution is 2.25. The Kier molecular flexibility index (Phi) is 3.36. The minimum atomic E-state index is -0.252. The number of halogens is 1. The normalized spacial score (nSPS) is 16.9. The molecule has 1 aromatic carbocycles. The second-order valence-electron chi connectivity index (χ2n) is 5.45. The van der Waals surface area contributed by atoms with Crippen LogP contribution in [-0.2, 0) is 11.3 Å². The number of hydrogen-bond donors (Lipinski definition) is 0. The number of ketones is 1. The maximum absolute atomic E-state index is 13.3. The summed E-state index contributed by atoms with van der Waals surface area (Å²) in [4.78, 5) is 12.3. The molecule has 2 nitrogen and oxygen atoms in total. The largest absolute Gasteiger partial charge is 0.340 e. The Labute approximate surface area is 112 Å². The Bertz CT molecular complexity index is 596. The molecule has 1 aromatic heterocycles. The van der Waals surface area contributed by atoms with Crippen LogP contribution in [0.2, 0.25) is 0 Å². The van der Waals surface area contributed by atoms with Gasteiger partial charge in [-0.3, -0.25) is 4.79 Å². The van der Waals surface area contributed by atoms with Crippen molar-refractivity contribution in [2.45, 2.75) is 38.6 Å². The van der Waals surface area contributed by atoms with Gasteiger partial charge in [0, 0.05) is 12.1 Å². The van der Waals surface area contributed by atoms with Crippen molar-refractivity contribution < 1.29 is 9.18 Å². The van der Waals surface area contributed by atoms with E-state index in [-0.39, 0.29) is 11.7 Å². The van der Waals surface area contributed by atoms with Gasteiger partial charge in [0.2, 0.25) is 0 Å². The Balaban J connectivity index is 1.80. The van der Waals surface area contributed by atoms with E-state index in [1.807, 2.05) is 16.8 Å². The quantitative estimate of drug-likeness (QED) is 0.818. The van der Waals surface area contributed by atoms with Crippen molar-refractivity contribution in [2.24, 2.45) is 5.92 Å². The Hall–Kier alpha value is -1.64. The number of benzene rings is 1. The van der Waals surface area contributed by atoms with Crippen molar-refractivity contribution in [2.75, 3.05) is 0 Å². The van der Waals surface area contributed by atoms with E-state index in [1.165, 1.54) is 18.6 Å². The molecule has 0 atom stereocenters. The molecule has 19 heavy (non-hydrogen) atoms. The molecule has 0 radical (unpaired) electrons. The van der Waals surface area contributed by atoms with Crippen LogP contribution in [0.15, 0.2) is 30.5 Å². The van der Waals surface area contributed by atoms with Gasteiger partial charge in [-0.1, -0.05) is 19.3 Å². The number of nitrogens with zero attached hydrogens (tertiary/aromatic N) is 1. The molecule has 3 heteroatoms. The molecule has 1 heterocycles. The molecule has 1 fully saturated rings. The number of hydrogen-bond acceptors (Lipinski definition) is 1. The fraction of sp³-hybridized carbons (Fsp3) is 0.438. The number of carbonyl (C=O) groups excluding carboxylic acids is 1. The van der Waals surface area contributed by atoms with E-state index in [0.29, 0.717) is 12.3 Å². The average molecular weight is 259 g/mol. The van der Waals surface area contributed by atoms with Gasteiger partial charge in [0.15, 0.2) is 5.78 Å². The lowest BCUT2D eigenvalue weighted by atomic mass is 9.86. The monoisotopic (exact) mass is 259 g/mol. The van der Waals surface area contributed by atoms with Crippen LogP contribution in [0.1, 0.15) is 32.1 Å². The summed E-state index contributed by atoms with van der Waals surface area (Å²) >= 11 is 0. The molecule has 1 aliphatic carbocycles. The highest BCUT2D eigenvalue weighted by atomic mass is 19.1. The first-order chi connectivity index (χ1) is 9.24. The number of rotatable bonds is 3. The first kappa shape index (κ1) is 12.4. The highest BCUT2D eigenvalue weighted by molar-refractivity contribution is 5.85. The molecule has 3 rings (SSSR count). The summed E-state index contributed by atoms with van der Waals surface area (Å²) in [5.74, 6) is 0.249. The van der Waals surface area contributed by atoms with Crippen molar-refractivity contribution in [3.8, 4) is 0 Å². The molecule has 1 aliphatic rings. The summed E-state index contributed by atoms with van der Waals surface area (Å²) in [6, 6.07) is 6.65. The third-order valence-corrected chi connectivity index (χ3v) is 4.12. The zero-order chi connectivity index (χ0) is 13.2. The van der Waals surface area contributed by atoms with Gasteiger partial charge in [-0.05, 0) is 42.5 Å². The number of carbonyl (C=O) groups is 1. The molecule has 0 spiro atoms. The van der Waals surface area contributed by atoms with Crippen LogP contribution >= 0.6 is 0 Å². The van der Waals surface area contributed by atoms with E-state index < -0.39 is 0 Å². The van der Waals surface area contributed by atoms with Crippen molar-refractivity contribution in [1.29, 1.82) is 0 Å². The van der Waals surface area contributed by atoms with Crippen LogP contribution in [0.4, 0.5) is 4.39 Å². The van der Waals surface area contributed by atoms with Gasteiger partial charge >= 0.3 is 0 Å². The van der Waals surface area contributed by atoms with E-state index in [9.17, 15) is 9.18 Å². The maximum Gasteiger partial charge on any atom is 0.155 e. The van der Waals surface area contributed by atoms with Gasteiger partial charge in [-0.15, -0.1) is 0 Å². The minimum Gasteiger partial charge on any atom is -0.340 e. The van der Waals surface area contributed by atoms with Crippen LogP contribution in [0.3, 0.4) is 0 Å². The SMILES string of the molecule is O=C(Cn1ccc2ccc(F)cc21)C1CCCCC1. The van der Waals surface area contributed by atoms with Gasteiger partial charge in [-0.25, -0.2) is 4.39 Å². The molecular weight excluding hydrogens is 241 g/mol.